The van der Waals surface area contributed by atoms with E-state index in [1.165, 1.54) is 17.7 Å². The number of phenolic OH excluding ortho intramolecular Hbond substituents is 1. The maximum absolute atomic E-state index is 13.0. The number of ether oxygens (including phenoxy) is 4. The number of fused-ring (bicyclic) bond motifs is 1. The van der Waals surface area contributed by atoms with Crippen molar-refractivity contribution >= 4 is 34.8 Å². The summed E-state index contributed by atoms with van der Waals surface area (Å²) in [4.78, 5) is 50.5. The van der Waals surface area contributed by atoms with Crippen LogP contribution in [0, 0.1) is 0 Å². The maximum Gasteiger partial charge on any atom is 0.262 e. The Morgan fingerprint density at radius 3 is 2.02 bits per heavy atom. The molecule has 0 radical (unpaired) electrons. The lowest BCUT2D eigenvalue weighted by atomic mass is 9.88. The molecule has 11 heteroatoms. The van der Waals surface area contributed by atoms with Crippen molar-refractivity contribution in [2.75, 3.05) is 39.6 Å². The van der Waals surface area contributed by atoms with Crippen LogP contribution in [0.25, 0.3) is 11.1 Å². The number of carbonyl (C=O) groups is 4. The molecule has 6 rings (SSSR count). The first-order chi connectivity index (χ1) is 25.8. The molecule has 4 aromatic rings. The zero-order valence-electron chi connectivity index (χ0n) is 29.5. The van der Waals surface area contributed by atoms with E-state index in [0.717, 1.165) is 39.3 Å². The average Bonchev–Trinajstić information content (AvgIpc) is 3.42. The summed E-state index contributed by atoms with van der Waals surface area (Å²) in [5.41, 5.74) is 5.94. The van der Waals surface area contributed by atoms with Crippen molar-refractivity contribution in [3.8, 4) is 17.2 Å². The molecule has 0 aromatic heterocycles. The topological polar surface area (TPSA) is 141 Å². The summed E-state index contributed by atoms with van der Waals surface area (Å²) in [6.07, 6.45) is 1.61. The lowest BCUT2D eigenvalue weighted by Crippen LogP contribution is -2.54. The largest absolute Gasteiger partial charge is 0.508 e. The Morgan fingerprint density at radius 1 is 0.698 bits per heavy atom. The molecule has 2 N–H and O–H groups in total. The fourth-order valence-electron chi connectivity index (χ4n) is 6.46. The predicted octanol–water partition coefficient (Wildman–Crippen LogP) is 6.04. The summed E-state index contributed by atoms with van der Waals surface area (Å²) in [5, 5.41) is 12.1. The number of hydrogen-bond acceptors (Lipinski definition) is 9. The summed E-state index contributed by atoms with van der Waals surface area (Å²) in [5.74, 6) is -0.794. The lowest BCUT2D eigenvalue weighted by molar-refractivity contribution is -0.136. The van der Waals surface area contributed by atoms with E-state index in [4.69, 9.17) is 18.9 Å². The number of nitrogens with one attached hydrogen (secondary N) is 1. The zero-order valence-corrected chi connectivity index (χ0v) is 29.5. The van der Waals surface area contributed by atoms with Gasteiger partial charge in [-0.15, -0.1) is 0 Å². The van der Waals surface area contributed by atoms with Gasteiger partial charge in [0.1, 0.15) is 29.9 Å². The van der Waals surface area contributed by atoms with Crippen LogP contribution < -0.4 is 14.8 Å². The highest BCUT2D eigenvalue weighted by Crippen LogP contribution is 2.36. The molecule has 4 amide bonds. The highest BCUT2D eigenvalue weighted by Gasteiger charge is 2.44. The number of benzene rings is 4. The van der Waals surface area contributed by atoms with Gasteiger partial charge in [0.05, 0.1) is 37.6 Å². The minimum Gasteiger partial charge on any atom is -0.508 e. The number of imide groups is 2. The van der Waals surface area contributed by atoms with E-state index >= 15 is 0 Å². The summed E-state index contributed by atoms with van der Waals surface area (Å²) >= 11 is 0. The molecular weight excluding hydrogens is 676 g/mol. The van der Waals surface area contributed by atoms with Gasteiger partial charge in [0, 0.05) is 19.4 Å². The lowest BCUT2D eigenvalue weighted by Gasteiger charge is -2.27. The van der Waals surface area contributed by atoms with Gasteiger partial charge in [0.25, 0.3) is 11.8 Å². The molecule has 1 fully saturated rings. The third-order valence-corrected chi connectivity index (χ3v) is 9.06. The van der Waals surface area contributed by atoms with Gasteiger partial charge in [-0.2, -0.15) is 0 Å². The summed E-state index contributed by atoms with van der Waals surface area (Å²) in [6, 6.07) is 29.3. The second-order valence-corrected chi connectivity index (χ2v) is 12.6. The van der Waals surface area contributed by atoms with E-state index < -0.39 is 29.7 Å². The van der Waals surface area contributed by atoms with Crippen molar-refractivity contribution < 1.29 is 43.2 Å². The van der Waals surface area contributed by atoms with Crippen molar-refractivity contribution in [2.24, 2.45) is 0 Å². The Labute approximate surface area is 308 Å². The Balaban J connectivity index is 0.886. The zero-order chi connectivity index (χ0) is 37.2. The fraction of sp³-hybridized carbons (Fsp3) is 0.286. The highest BCUT2D eigenvalue weighted by atomic mass is 16.5. The van der Waals surface area contributed by atoms with E-state index in [1.807, 2.05) is 42.5 Å². The number of carbonyl (C=O) groups excluding carboxylic acids is 4. The van der Waals surface area contributed by atoms with E-state index in [2.05, 4.69) is 36.5 Å². The third kappa shape index (κ3) is 9.00. The minimum absolute atomic E-state index is 0.0656. The van der Waals surface area contributed by atoms with Gasteiger partial charge in [0.2, 0.25) is 11.8 Å². The van der Waals surface area contributed by atoms with Crippen LogP contribution in [-0.2, 0) is 19.1 Å². The third-order valence-electron chi connectivity index (χ3n) is 9.06. The number of aromatic hydroxyl groups is 1. The van der Waals surface area contributed by atoms with Crippen LogP contribution in [0.2, 0.25) is 0 Å². The first-order valence-electron chi connectivity index (χ1n) is 17.8. The molecular formula is C42H42N2O9. The Morgan fingerprint density at radius 2 is 1.32 bits per heavy atom. The van der Waals surface area contributed by atoms with E-state index in [1.54, 1.807) is 18.2 Å². The maximum atomic E-state index is 13.0. The van der Waals surface area contributed by atoms with Gasteiger partial charge in [0.15, 0.2) is 0 Å². The van der Waals surface area contributed by atoms with Crippen LogP contribution in [-0.4, -0.2) is 79.3 Å². The van der Waals surface area contributed by atoms with Crippen molar-refractivity contribution in [1.82, 2.24) is 10.2 Å². The first-order valence-corrected chi connectivity index (χ1v) is 17.8. The molecule has 2 heterocycles. The highest BCUT2D eigenvalue weighted by molar-refractivity contribution is 6.23. The number of phenols is 1. The Hall–Kier alpha value is -5.78. The van der Waals surface area contributed by atoms with Crippen LogP contribution in [0.1, 0.15) is 70.0 Å². The number of piperidine rings is 1. The molecule has 1 unspecified atom stereocenters. The van der Waals surface area contributed by atoms with Crippen LogP contribution in [0.15, 0.2) is 97.1 Å². The van der Waals surface area contributed by atoms with Crippen molar-refractivity contribution in [3.05, 3.63) is 125 Å². The van der Waals surface area contributed by atoms with Crippen LogP contribution >= 0.6 is 0 Å². The van der Waals surface area contributed by atoms with Crippen molar-refractivity contribution in [3.63, 3.8) is 0 Å². The van der Waals surface area contributed by atoms with Gasteiger partial charge >= 0.3 is 0 Å². The standard InChI is InChI=1S/C42H42N2O9/c1-2-34(28-7-4-3-5-8-28)39(29-9-13-31(45)14-10-29)30-11-15-32(16-12-30)53-26-25-51-24-23-50-21-6-22-52-33-17-18-35-36(27-33)42(49)44(41(35)48)37-19-20-38(46)43-40(37)47/h3-5,7-18,27,37,45H,2,6,19-26H2,1H3,(H,43,46,47)/b39-34-. The van der Waals surface area contributed by atoms with E-state index in [0.29, 0.717) is 51.8 Å². The second-order valence-electron chi connectivity index (χ2n) is 12.6. The second kappa shape index (κ2) is 17.6. The predicted molar refractivity (Wildman–Crippen MR) is 198 cm³/mol. The molecule has 0 spiro atoms. The molecule has 2 aliphatic heterocycles. The molecule has 2 aliphatic rings. The first kappa shape index (κ1) is 37.0. The average molecular weight is 719 g/mol. The fourth-order valence-corrected chi connectivity index (χ4v) is 6.46. The summed E-state index contributed by atoms with van der Waals surface area (Å²) < 4.78 is 23.0. The number of nitrogens with zero attached hydrogens (tertiary/aromatic N) is 1. The monoisotopic (exact) mass is 718 g/mol. The molecule has 53 heavy (non-hydrogen) atoms. The van der Waals surface area contributed by atoms with Gasteiger partial charge in [-0.25, -0.2) is 0 Å². The smallest absolute Gasteiger partial charge is 0.262 e. The van der Waals surface area contributed by atoms with Gasteiger partial charge in [-0.3, -0.25) is 29.4 Å². The Bertz CT molecular complexity index is 1960. The van der Waals surface area contributed by atoms with E-state index in [-0.39, 0.29) is 29.7 Å². The van der Waals surface area contributed by atoms with Crippen LogP contribution in [0.4, 0.5) is 0 Å². The van der Waals surface area contributed by atoms with Crippen molar-refractivity contribution in [1.29, 1.82) is 0 Å². The molecule has 1 atom stereocenters. The summed E-state index contributed by atoms with van der Waals surface area (Å²) in [7, 11) is 0. The van der Waals surface area contributed by atoms with Crippen molar-refractivity contribution in [2.45, 2.75) is 38.6 Å². The molecule has 274 valence electrons. The molecule has 0 aliphatic carbocycles. The number of allylic oxidation sites excluding steroid dienone is 1. The van der Waals surface area contributed by atoms with Crippen LogP contribution in [0.5, 0.6) is 17.2 Å². The molecule has 1 saturated heterocycles. The number of hydrogen-bond donors (Lipinski definition) is 2. The number of rotatable bonds is 17. The SMILES string of the molecule is CC/C(=C(\c1ccc(O)cc1)c1ccc(OCCOCCOCCCOc2ccc3c(c2)C(=O)N(C2CCC(=O)NC2=O)C3=O)cc1)c1ccccc1. The Kier molecular flexibility index (Phi) is 12.3. The summed E-state index contributed by atoms with van der Waals surface area (Å²) in [6.45, 7) is 4.54. The molecule has 4 aromatic carbocycles. The van der Waals surface area contributed by atoms with E-state index in [9.17, 15) is 24.3 Å². The normalized spacial score (nSPS) is 15.9. The molecule has 0 saturated carbocycles. The molecule has 11 nitrogen and oxygen atoms in total. The van der Waals surface area contributed by atoms with Gasteiger partial charge in [-0.1, -0.05) is 61.5 Å². The minimum atomic E-state index is -1.01. The quantitative estimate of drug-likeness (QED) is 0.0759. The van der Waals surface area contributed by atoms with Gasteiger partial charge in [-0.05, 0) is 83.1 Å². The number of amides is 4. The van der Waals surface area contributed by atoms with Crippen LogP contribution in [0.3, 0.4) is 0 Å². The van der Waals surface area contributed by atoms with Gasteiger partial charge < -0.3 is 24.1 Å². The molecule has 0 bridgehead atoms.